The van der Waals surface area contributed by atoms with Crippen molar-refractivity contribution in [2.24, 2.45) is 0 Å². The number of amides is 1. The Balaban J connectivity index is 1.32. The highest BCUT2D eigenvalue weighted by Crippen LogP contribution is 2.40. The van der Waals surface area contributed by atoms with Crippen LogP contribution in [0.3, 0.4) is 0 Å². The van der Waals surface area contributed by atoms with E-state index in [1.165, 1.54) is 0 Å². The Morgan fingerprint density at radius 1 is 0.690 bits per heavy atom. The van der Waals surface area contributed by atoms with E-state index in [-0.39, 0.29) is 5.91 Å². The zero-order chi connectivity index (χ0) is 29.4. The highest BCUT2D eigenvalue weighted by Gasteiger charge is 2.51. The van der Waals surface area contributed by atoms with Gasteiger partial charge in [0.1, 0.15) is 5.54 Å². The number of carbonyl (C=O) groups is 1. The molecule has 1 amide bonds. The van der Waals surface area contributed by atoms with Crippen molar-refractivity contribution >= 4 is 24.2 Å². The lowest BCUT2D eigenvalue weighted by Gasteiger charge is -2.36. The topological polar surface area (TPSA) is 65.4 Å². The summed E-state index contributed by atoms with van der Waals surface area (Å²) < 4.78 is 14.2. The van der Waals surface area contributed by atoms with Gasteiger partial charge >= 0.3 is 7.12 Å². The van der Waals surface area contributed by atoms with Gasteiger partial charge < -0.3 is 14.6 Å². The third-order valence-electron chi connectivity index (χ3n) is 8.43. The number of hydrogen-bond acceptors (Lipinski definition) is 4. The van der Waals surface area contributed by atoms with Gasteiger partial charge in [-0.1, -0.05) is 103 Å². The lowest BCUT2D eigenvalue weighted by Crippen LogP contribution is -2.41. The third-order valence-corrected chi connectivity index (χ3v) is 8.43. The molecule has 1 aliphatic heterocycles. The summed E-state index contributed by atoms with van der Waals surface area (Å²) in [5.41, 5.74) is 3.37. The molecule has 0 aliphatic carbocycles. The normalized spacial score (nSPS) is 15.9. The minimum Gasteiger partial charge on any atom is -0.399 e. The van der Waals surface area contributed by atoms with Gasteiger partial charge in [-0.15, -0.1) is 0 Å². The van der Waals surface area contributed by atoms with Crippen LogP contribution in [0.1, 0.15) is 54.9 Å². The molecule has 1 aromatic heterocycles. The average Bonchev–Trinajstić information content (AvgIpc) is 3.58. The SMILES string of the molecule is CC1(C)OB(c2ccc(NC(=O)c3ccn(C(c4ccccc4)(c4ccccc4)c4ccccc4)n3)cc2)OC1(C)C. The monoisotopic (exact) mass is 555 g/mol. The number of nitrogens with zero attached hydrogens (tertiary/aromatic N) is 2. The second kappa shape index (κ2) is 10.7. The maximum atomic E-state index is 13.4. The predicted molar refractivity (Wildman–Crippen MR) is 167 cm³/mol. The molecule has 42 heavy (non-hydrogen) atoms. The lowest BCUT2D eigenvalue weighted by molar-refractivity contribution is 0.00578. The van der Waals surface area contributed by atoms with Crippen LogP contribution < -0.4 is 10.8 Å². The van der Waals surface area contributed by atoms with Crippen LogP contribution >= 0.6 is 0 Å². The van der Waals surface area contributed by atoms with Crippen molar-refractivity contribution in [1.82, 2.24) is 9.78 Å². The highest BCUT2D eigenvalue weighted by molar-refractivity contribution is 6.62. The van der Waals surface area contributed by atoms with Crippen molar-refractivity contribution < 1.29 is 14.1 Å². The fraction of sp³-hybridized carbons (Fsp3) is 0.200. The number of anilines is 1. The molecule has 5 aromatic rings. The Labute approximate surface area is 247 Å². The molecule has 0 saturated carbocycles. The Morgan fingerprint density at radius 2 is 1.14 bits per heavy atom. The zero-order valence-electron chi connectivity index (χ0n) is 24.3. The van der Waals surface area contributed by atoms with E-state index in [9.17, 15) is 4.79 Å². The van der Waals surface area contributed by atoms with Crippen LogP contribution in [-0.2, 0) is 14.8 Å². The summed E-state index contributed by atoms with van der Waals surface area (Å²) in [6.45, 7) is 8.12. The largest absolute Gasteiger partial charge is 0.494 e. The molecule has 0 spiro atoms. The van der Waals surface area contributed by atoms with Gasteiger partial charge in [0.25, 0.3) is 5.91 Å². The van der Waals surface area contributed by atoms with Gasteiger partial charge in [-0.2, -0.15) is 5.10 Å². The van der Waals surface area contributed by atoms with Crippen LogP contribution in [0.15, 0.2) is 128 Å². The van der Waals surface area contributed by atoms with Gasteiger partial charge in [0, 0.05) is 11.9 Å². The second-order valence-corrected chi connectivity index (χ2v) is 11.6. The van der Waals surface area contributed by atoms with Crippen LogP contribution in [0.2, 0.25) is 0 Å². The minimum absolute atomic E-state index is 0.291. The molecular weight excluding hydrogens is 521 g/mol. The standard InChI is InChI=1S/C35H34BN3O3/c1-33(2)34(3,4)42-36(41-33)29-20-22-30(23-21-29)37-32(40)31-24-25-39(38-31)35(26-14-8-5-9-15-26,27-16-10-6-11-17-27)28-18-12-7-13-19-28/h5-25H,1-4H3,(H,37,40). The van der Waals surface area contributed by atoms with Crippen molar-refractivity contribution in [1.29, 1.82) is 0 Å². The second-order valence-electron chi connectivity index (χ2n) is 11.6. The molecule has 210 valence electrons. The summed E-state index contributed by atoms with van der Waals surface area (Å²) >= 11 is 0. The molecule has 7 heteroatoms. The van der Waals surface area contributed by atoms with Crippen molar-refractivity contribution in [2.45, 2.75) is 44.4 Å². The summed E-state index contributed by atoms with van der Waals surface area (Å²) in [5, 5.41) is 7.88. The van der Waals surface area contributed by atoms with Crippen LogP contribution in [0.25, 0.3) is 0 Å². The first-order chi connectivity index (χ1) is 20.2. The van der Waals surface area contributed by atoms with Crippen molar-refractivity contribution in [3.8, 4) is 0 Å². The first kappa shape index (κ1) is 27.7. The van der Waals surface area contributed by atoms with E-state index < -0.39 is 23.9 Å². The zero-order valence-corrected chi connectivity index (χ0v) is 24.3. The third kappa shape index (κ3) is 4.85. The van der Waals surface area contributed by atoms with E-state index in [0.717, 1.165) is 22.2 Å². The molecule has 0 unspecified atom stereocenters. The van der Waals surface area contributed by atoms with Crippen molar-refractivity contribution in [3.63, 3.8) is 0 Å². The molecule has 0 atom stereocenters. The van der Waals surface area contributed by atoms with Gasteiger partial charge in [0.05, 0.1) is 11.2 Å². The number of rotatable bonds is 7. The Hall–Kier alpha value is -4.46. The predicted octanol–water partition coefficient (Wildman–Crippen LogP) is 6.27. The summed E-state index contributed by atoms with van der Waals surface area (Å²) in [6.07, 6.45) is 1.88. The van der Waals surface area contributed by atoms with Gasteiger partial charge in [-0.25, -0.2) is 0 Å². The highest BCUT2D eigenvalue weighted by atomic mass is 16.7. The van der Waals surface area contributed by atoms with Gasteiger partial charge in [-0.3, -0.25) is 9.48 Å². The van der Waals surface area contributed by atoms with Crippen LogP contribution in [0.5, 0.6) is 0 Å². The Bertz CT molecular complexity index is 1550. The molecule has 0 bridgehead atoms. The first-order valence-corrected chi connectivity index (χ1v) is 14.2. The fourth-order valence-electron chi connectivity index (χ4n) is 5.46. The molecule has 4 aromatic carbocycles. The molecule has 0 radical (unpaired) electrons. The van der Waals surface area contributed by atoms with Crippen LogP contribution in [0.4, 0.5) is 5.69 Å². The van der Waals surface area contributed by atoms with Gasteiger partial charge in [0.2, 0.25) is 0 Å². The van der Waals surface area contributed by atoms with Crippen molar-refractivity contribution in [3.05, 3.63) is 150 Å². The molecular formula is C35H34BN3O3. The Kier molecular flexibility index (Phi) is 7.09. The van der Waals surface area contributed by atoms with E-state index in [2.05, 4.69) is 41.7 Å². The molecule has 2 heterocycles. The summed E-state index contributed by atoms with van der Waals surface area (Å²) in [6, 6.07) is 40.1. The molecule has 1 saturated heterocycles. The quantitative estimate of drug-likeness (QED) is 0.190. The molecule has 6 nitrogen and oxygen atoms in total. The summed E-state index contributed by atoms with van der Waals surface area (Å²) in [4.78, 5) is 13.4. The van der Waals surface area contributed by atoms with E-state index in [1.54, 1.807) is 6.07 Å². The number of hydrogen-bond donors (Lipinski definition) is 1. The van der Waals surface area contributed by atoms with E-state index >= 15 is 0 Å². The smallest absolute Gasteiger partial charge is 0.399 e. The first-order valence-electron chi connectivity index (χ1n) is 14.2. The number of carbonyl (C=O) groups excluding carboxylic acids is 1. The van der Waals surface area contributed by atoms with Crippen molar-refractivity contribution in [2.75, 3.05) is 5.32 Å². The summed E-state index contributed by atoms with van der Waals surface area (Å²) in [5.74, 6) is -0.291. The fourth-order valence-corrected chi connectivity index (χ4v) is 5.46. The average molecular weight is 555 g/mol. The van der Waals surface area contributed by atoms with Crippen LogP contribution in [0, 0.1) is 0 Å². The lowest BCUT2D eigenvalue weighted by atomic mass is 9.77. The molecule has 1 N–H and O–H groups in total. The van der Waals surface area contributed by atoms with Crippen LogP contribution in [-0.4, -0.2) is 34.0 Å². The number of aromatic nitrogens is 2. The van der Waals surface area contributed by atoms with E-state index in [0.29, 0.717) is 11.4 Å². The summed E-state index contributed by atoms with van der Waals surface area (Å²) in [7, 11) is -0.461. The molecule has 6 rings (SSSR count). The number of benzene rings is 4. The van der Waals surface area contributed by atoms with Gasteiger partial charge in [0.15, 0.2) is 5.69 Å². The molecule has 1 aliphatic rings. The Morgan fingerprint density at radius 3 is 1.60 bits per heavy atom. The van der Waals surface area contributed by atoms with E-state index in [1.807, 2.05) is 117 Å². The maximum Gasteiger partial charge on any atom is 0.494 e. The number of nitrogens with one attached hydrogen (secondary N) is 1. The van der Waals surface area contributed by atoms with E-state index in [4.69, 9.17) is 14.4 Å². The maximum absolute atomic E-state index is 13.4. The molecule has 1 fully saturated rings. The minimum atomic E-state index is -0.785. The van der Waals surface area contributed by atoms with Gasteiger partial charge in [-0.05, 0) is 68.0 Å².